The first-order valence-corrected chi connectivity index (χ1v) is 11.0. The number of rotatable bonds is 6. The summed E-state index contributed by atoms with van der Waals surface area (Å²) in [6.07, 6.45) is 7.88. The lowest BCUT2D eigenvalue weighted by molar-refractivity contribution is -0.116. The minimum Gasteiger partial charge on any atom is -0.311 e. The Morgan fingerprint density at radius 3 is 2.76 bits per heavy atom. The summed E-state index contributed by atoms with van der Waals surface area (Å²) in [5.74, 6) is 1.06. The number of carbonyl (C=O) groups is 1. The molecule has 1 amide bonds. The molecule has 1 N–H and O–H groups in total. The van der Waals surface area contributed by atoms with E-state index in [9.17, 15) is 9.18 Å². The van der Waals surface area contributed by atoms with Gasteiger partial charge in [0.15, 0.2) is 0 Å². The number of nitrogens with zero attached hydrogens (tertiary/aromatic N) is 3. The van der Waals surface area contributed by atoms with Crippen molar-refractivity contribution in [3.8, 4) is 16.4 Å². The van der Waals surface area contributed by atoms with Crippen molar-refractivity contribution in [1.82, 2.24) is 14.8 Å². The van der Waals surface area contributed by atoms with Crippen LogP contribution in [0, 0.1) is 18.7 Å². The van der Waals surface area contributed by atoms with E-state index in [1.54, 1.807) is 16.8 Å². The van der Waals surface area contributed by atoms with E-state index < -0.39 is 0 Å². The minimum absolute atomic E-state index is 0.0204. The Morgan fingerprint density at radius 1 is 1.24 bits per heavy atom. The summed E-state index contributed by atoms with van der Waals surface area (Å²) in [6.45, 7) is 1.89. The number of carbonyl (C=O) groups excluding carboxylic acids is 1. The number of anilines is 1. The van der Waals surface area contributed by atoms with Crippen LogP contribution in [0.4, 0.5) is 10.2 Å². The first-order chi connectivity index (χ1) is 14.1. The summed E-state index contributed by atoms with van der Waals surface area (Å²) >= 11 is 1.44. The molecule has 2 aromatic heterocycles. The lowest BCUT2D eigenvalue weighted by Crippen LogP contribution is -2.17. The first-order valence-electron chi connectivity index (χ1n) is 10.2. The van der Waals surface area contributed by atoms with E-state index in [-0.39, 0.29) is 11.7 Å². The highest BCUT2D eigenvalue weighted by molar-refractivity contribution is 7.12. The van der Waals surface area contributed by atoms with E-state index in [0.717, 1.165) is 23.4 Å². The molecule has 152 valence electrons. The molecule has 5 nitrogen and oxygen atoms in total. The van der Waals surface area contributed by atoms with E-state index in [4.69, 9.17) is 0 Å². The van der Waals surface area contributed by atoms with Gasteiger partial charge in [-0.1, -0.05) is 32.1 Å². The Balaban J connectivity index is 1.45. The fourth-order valence-corrected chi connectivity index (χ4v) is 4.66. The fraction of sp³-hybridized carbons (Fsp3) is 0.409. The number of halogens is 1. The molecule has 1 saturated carbocycles. The molecule has 0 spiro atoms. The molecule has 0 saturated heterocycles. The third-order valence-electron chi connectivity index (χ3n) is 5.42. The zero-order valence-electron chi connectivity index (χ0n) is 16.5. The summed E-state index contributed by atoms with van der Waals surface area (Å²) in [5.41, 5.74) is 2.41. The second kappa shape index (κ2) is 8.86. The van der Waals surface area contributed by atoms with Crippen molar-refractivity contribution in [2.45, 2.75) is 51.9 Å². The molecule has 2 heterocycles. The lowest BCUT2D eigenvalue weighted by Gasteiger charge is -2.20. The van der Waals surface area contributed by atoms with Crippen molar-refractivity contribution >= 4 is 23.1 Å². The quantitative estimate of drug-likeness (QED) is 0.561. The van der Waals surface area contributed by atoms with E-state index in [2.05, 4.69) is 15.4 Å². The molecule has 1 aliphatic rings. The number of hydrogen-bond acceptors (Lipinski definition) is 4. The Kier molecular flexibility index (Phi) is 6.04. The van der Waals surface area contributed by atoms with Crippen LogP contribution in [0.2, 0.25) is 0 Å². The summed E-state index contributed by atoms with van der Waals surface area (Å²) in [6, 6.07) is 8.11. The molecular formula is C22H25FN4OS. The Hall–Kier alpha value is -2.54. The van der Waals surface area contributed by atoms with E-state index in [1.165, 1.54) is 55.6 Å². The van der Waals surface area contributed by atoms with Crippen LogP contribution in [0.15, 0.2) is 35.7 Å². The predicted molar refractivity (Wildman–Crippen MR) is 114 cm³/mol. The minimum atomic E-state index is -0.273. The van der Waals surface area contributed by atoms with Crippen molar-refractivity contribution in [3.63, 3.8) is 0 Å². The Bertz CT molecular complexity index is 973. The van der Waals surface area contributed by atoms with Gasteiger partial charge in [0.2, 0.25) is 11.0 Å². The molecule has 0 radical (unpaired) electrons. The van der Waals surface area contributed by atoms with Crippen molar-refractivity contribution in [2.75, 3.05) is 5.32 Å². The van der Waals surface area contributed by atoms with Crippen LogP contribution in [0.3, 0.4) is 0 Å². The van der Waals surface area contributed by atoms with Gasteiger partial charge in [-0.2, -0.15) is 9.78 Å². The molecule has 1 aromatic carbocycles. The normalized spacial score (nSPS) is 14.8. The third kappa shape index (κ3) is 4.90. The standard InChI is InChI=1S/C22H25FN4OS/c1-15-13-20(25-21(28)12-7-16-5-3-2-4-6-16)27(26-15)22-24-19(14-29-22)17-8-10-18(23)11-9-17/h8-11,13-14,16H,2-7,12H2,1H3,(H,25,28). The molecule has 4 rings (SSSR count). The van der Waals surface area contributed by atoms with Gasteiger partial charge in [0, 0.05) is 23.4 Å². The predicted octanol–water partition coefficient (Wildman–Crippen LogP) is 5.74. The van der Waals surface area contributed by atoms with Gasteiger partial charge in [-0.3, -0.25) is 4.79 Å². The maximum Gasteiger partial charge on any atom is 0.225 e. The molecule has 3 aromatic rings. The highest BCUT2D eigenvalue weighted by Crippen LogP contribution is 2.28. The molecule has 0 aliphatic heterocycles. The third-order valence-corrected chi connectivity index (χ3v) is 6.23. The van der Waals surface area contributed by atoms with Crippen LogP contribution in [0.1, 0.15) is 50.6 Å². The molecule has 1 aliphatic carbocycles. The van der Waals surface area contributed by atoms with Crippen LogP contribution in [-0.4, -0.2) is 20.7 Å². The largest absolute Gasteiger partial charge is 0.311 e. The van der Waals surface area contributed by atoms with E-state index in [0.29, 0.717) is 23.3 Å². The van der Waals surface area contributed by atoms with Crippen LogP contribution in [0.5, 0.6) is 0 Å². The van der Waals surface area contributed by atoms with Gasteiger partial charge >= 0.3 is 0 Å². The van der Waals surface area contributed by atoms with E-state index >= 15 is 0 Å². The number of benzene rings is 1. The molecule has 0 unspecified atom stereocenters. The molecule has 29 heavy (non-hydrogen) atoms. The molecular weight excluding hydrogens is 387 g/mol. The van der Waals surface area contributed by atoms with Crippen molar-refractivity contribution in [2.24, 2.45) is 5.92 Å². The zero-order chi connectivity index (χ0) is 20.2. The van der Waals surface area contributed by atoms with Crippen LogP contribution in [-0.2, 0) is 4.79 Å². The van der Waals surface area contributed by atoms with Gasteiger partial charge < -0.3 is 5.32 Å². The van der Waals surface area contributed by atoms with Crippen LogP contribution in [0.25, 0.3) is 16.4 Å². The number of amides is 1. The number of aromatic nitrogens is 3. The summed E-state index contributed by atoms with van der Waals surface area (Å²) in [4.78, 5) is 17.1. The Labute approximate surface area is 174 Å². The highest BCUT2D eigenvalue weighted by atomic mass is 32.1. The number of thiazole rings is 1. The number of hydrogen-bond donors (Lipinski definition) is 1. The smallest absolute Gasteiger partial charge is 0.225 e. The van der Waals surface area contributed by atoms with Crippen LogP contribution >= 0.6 is 11.3 Å². The fourth-order valence-electron chi connectivity index (χ4n) is 3.87. The second-order valence-corrected chi connectivity index (χ2v) is 8.53. The van der Waals surface area contributed by atoms with Crippen LogP contribution < -0.4 is 5.32 Å². The Morgan fingerprint density at radius 2 is 2.00 bits per heavy atom. The summed E-state index contributed by atoms with van der Waals surface area (Å²) < 4.78 is 14.8. The maximum absolute atomic E-state index is 13.2. The SMILES string of the molecule is Cc1cc(NC(=O)CCC2CCCCC2)n(-c2nc(-c3ccc(F)cc3)cs2)n1. The van der Waals surface area contributed by atoms with Gasteiger partial charge in [-0.05, 0) is 43.5 Å². The monoisotopic (exact) mass is 412 g/mol. The molecule has 1 fully saturated rings. The topological polar surface area (TPSA) is 59.8 Å². The number of nitrogens with one attached hydrogen (secondary N) is 1. The second-order valence-electron chi connectivity index (χ2n) is 7.70. The first kappa shape index (κ1) is 19.8. The average molecular weight is 413 g/mol. The molecule has 0 atom stereocenters. The summed E-state index contributed by atoms with van der Waals surface area (Å²) in [7, 11) is 0. The van der Waals surface area contributed by atoms with Crippen molar-refractivity contribution < 1.29 is 9.18 Å². The van der Waals surface area contributed by atoms with Crippen molar-refractivity contribution in [3.05, 3.63) is 47.2 Å². The van der Waals surface area contributed by atoms with Gasteiger partial charge in [0.1, 0.15) is 11.6 Å². The zero-order valence-corrected chi connectivity index (χ0v) is 17.3. The van der Waals surface area contributed by atoms with Gasteiger partial charge in [0.05, 0.1) is 11.4 Å². The van der Waals surface area contributed by atoms with Gasteiger partial charge in [-0.25, -0.2) is 9.37 Å². The maximum atomic E-state index is 13.2. The number of aryl methyl sites for hydroxylation is 1. The van der Waals surface area contributed by atoms with Crippen molar-refractivity contribution in [1.29, 1.82) is 0 Å². The van der Waals surface area contributed by atoms with Gasteiger partial charge in [0.25, 0.3) is 0 Å². The average Bonchev–Trinajstić information content (AvgIpc) is 3.34. The lowest BCUT2D eigenvalue weighted by atomic mass is 9.86. The van der Waals surface area contributed by atoms with E-state index in [1.807, 2.05) is 18.4 Å². The highest BCUT2D eigenvalue weighted by Gasteiger charge is 2.17. The summed E-state index contributed by atoms with van der Waals surface area (Å²) in [5, 5.41) is 10.1. The molecule has 7 heteroatoms. The molecule has 0 bridgehead atoms. The van der Waals surface area contributed by atoms with Gasteiger partial charge in [-0.15, -0.1) is 11.3 Å².